The van der Waals surface area contributed by atoms with Gasteiger partial charge >= 0.3 is 0 Å². The van der Waals surface area contributed by atoms with Gasteiger partial charge in [-0.25, -0.2) is 0 Å². The molecule has 164 valence electrons. The summed E-state index contributed by atoms with van der Waals surface area (Å²) >= 11 is 0. The first kappa shape index (κ1) is 21.0. The number of hydrogen-bond acceptors (Lipinski definition) is 5. The number of ether oxygens (including phenoxy) is 3. The van der Waals surface area contributed by atoms with Crippen molar-refractivity contribution in [1.29, 1.82) is 0 Å². The summed E-state index contributed by atoms with van der Waals surface area (Å²) in [4.78, 5) is 27.7. The maximum Gasteiger partial charge on any atom is 0.259 e. The number of hydrogen-bond donors (Lipinski definition) is 1. The van der Waals surface area contributed by atoms with Crippen molar-refractivity contribution in [3.8, 4) is 17.2 Å². The summed E-state index contributed by atoms with van der Waals surface area (Å²) in [5.74, 6) is 1.25. The van der Waals surface area contributed by atoms with Gasteiger partial charge in [0.2, 0.25) is 11.7 Å². The fraction of sp³-hybridized carbons (Fsp3) is 0.417. The fourth-order valence-electron chi connectivity index (χ4n) is 4.58. The van der Waals surface area contributed by atoms with Crippen molar-refractivity contribution in [3.63, 3.8) is 0 Å². The Bertz CT molecular complexity index is 998. The lowest BCUT2D eigenvalue weighted by Crippen LogP contribution is -2.33. The SMILES string of the molecule is COc1ccc(C(=O)Nc2ccc3c(c2)CCN3C(=O)C2CCCC2)c(OC)c1OC. The van der Waals surface area contributed by atoms with Crippen molar-refractivity contribution in [2.24, 2.45) is 5.92 Å². The van der Waals surface area contributed by atoms with Crippen molar-refractivity contribution < 1.29 is 23.8 Å². The number of benzene rings is 2. The van der Waals surface area contributed by atoms with E-state index in [0.29, 0.717) is 35.0 Å². The largest absolute Gasteiger partial charge is 0.493 e. The molecule has 2 aromatic rings. The second kappa shape index (κ2) is 8.88. The van der Waals surface area contributed by atoms with Gasteiger partial charge in [-0.3, -0.25) is 9.59 Å². The maximum absolute atomic E-state index is 13.0. The van der Waals surface area contributed by atoms with E-state index < -0.39 is 0 Å². The van der Waals surface area contributed by atoms with Crippen LogP contribution in [0.4, 0.5) is 11.4 Å². The highest BCUT2D eigenvalue weighted by Gasteiger charge is 2.32. The van der Waals surface area contributed by atoms with Gasteiger partial charge in [0.05, 0.1) is 26.9 Å². The molecule has 1 N–H and O–H groups in total. The molecule has 31 heavy (non-hydrogen) atoms. The molecule has 7 heteroatoms. The van der Waals surface area contributed by atoms with Crippen LogP contribution in [0.25, 0.3) is 0 Å². The minimum absolute atomic E-state index is 0.155. The summed E-state index contributed by atoms with van der Waals surface area (Å²) < 4.78 is 16.1. The molecule has 1 heterocycles. The molecule has 2 amide bonds. The summed E-state index contributed by atoms with van der Waals surface area (Å²) in [5.41, 5.74) is 3.05. The van der Waals surface area contributed by atoms with Crippen LogP contribution < -0.4 is 24.4 Å². The Kier molecular flexibility index (Phi) is 6.02. The van der Waals surface area contributed by atoms with Gasteiger partial charge in [-0.2, -0.15) is 0 Å². The monoisotopic (exact) mass is 424 g/mol. The number of carbonyl (C=O) groups excluding carboxylic acids is 2. The van der Waals surface area contributed by atoms with E-state index in [4.69, 9.17) is 14.2 Å². The summed E-state index contributed by atoms with van der Waals surface area (Å²) in [7, 11) is 4.52. The summed E-state index contributed by atoms with van der Waals surface area (Å²) in [6.07, 6.45) is 5.05. The molecule has 1 aliphatic carbocycles. The van der Waals surface area contributed by atoms with Crippen molar-refractivity contribution >= 4 is 23.2 Å². The third kappa shape index (κ3) is 3.92. The van der Waals surface area contributed by atoms with Gasteiger partial charge in [0.25, 0.3) is 5.91 Å². The van der Waals surface area contributed by atoms with Gasteiger partial charge in [-0.15, -0.1) is 0 Å². The number of amides is 2. The second-order valence-electron chi connectivity index (χ2n) is 7.90. The fourth-order valence-corrected chi connectivity index (χ4v) is 4.58. The predicted octanol–water partition coefficient (Wildman–Crippen LogP) is 4.04. The molecule has 2 aliphatic rings. The smallest absolute Gasteiger partial charge is 0.259 e. The molecule has 0 saturated heterocycles. The Balaban J connectivity index is 1.54. The maximum atomic E-state index is 13.0. The van der Waals surface area contributed by atoms with Crippen LogP contribution in [0.1, 0.15) is 41.6 Å². The second-order valence-corrected chi connectivity index (χ2v) is 7.90. The molecule has 0 radical (unpaired) electrons. The lowest BCUT2D eigenvalue weighted by atomic mass is 10.1. The van der Waals surface area contributed by atoms with Crippen LogP contribution in [0.2, 0.25) is 0 Å². The van der Waals surface area contributed by atoms with Crippen molar-refractivity contribution in [3.05, 3.63) is 41.5 Å². The summed E-state index contributed by atoms with van der Waals surface area (Å²) in [6.45, 7) is 0.700. The van der Waals surface area contributed by atoms with E-state index in [1.807, 2.05) is 23.1 Å². The molecule has 7 nitrogen and oxygen atoms in total. The summed E-state index contributed by atoms with van der Waals surface area (Å²) in [6, 6.07) is 9.03. The van der Waals surface area contributed by atoms with E-state index in [2.05, 4.69) is 5.32 Å². The molecule has 1 saturated carbocycles. The molecule has 0 spiro atoms. The third-order valence-corrected chi connectivity index (χ3v) is 6.15. The van der Waals surface area contributed by atoms with Crippen molar-refractivity contribution in [2.45, 2.75) is 32.1 Å². The van der Waals surface area contributed by atoms with E-state index in [-0.39, 0.29) is 17.7 Å². The molecular formula is C24H28N2O5. The average molecular weight is 424 g/mol. The molecule has 2 aromatic carbocycles. The molecule has 0 bridgehead atoms. The first-order valence-electron chi connectivity index (χ1n) is 10.6. The molecule has 0 atom stereocenters. The van der Waals surface area contributed by atoms with Crippen LogP contribution in [0.5, 0.6) is 17.2 Å². The first-order chi connectivity index (χ1) is 15.1. The Morgan fingerprint density at radius 1 is 0.968 bits per heavy atom. The van der Waals surface area contributed by atoms with Gasteiger partial charge < -0.3 is 24.4 Å². The summed E-state index contributed by atoms with van der Waals surface area (Å²) in [5, 5.41) is 2.93. The number of rotatable bonds is 6. The Labute approximate surface area is 182 Å². The van der Waals surface area contributed by atoms with E-state index in [1.54, 1.807) is 12.1 Å². The highest BCUT2D eigenvalue weighted by atomic mass is 16.5. The predicted molar refractivity (Wildman–Crippen MR) is 119 cm³/mol. The number of anilines is 2. The van der Waals surface area contributed by atoms with E-state index >= 15 is 0 Å². The van der Waals surface area contributed by atoms with Crippen molar-refractivity contribution in [2.75, 3.05) is 38.1 Å². The number of nitrogens with zero attached hydrogens (tertiary/aromatic N) is 1. The van der Waals surface area contributed by atoms with E-state index in [0.717, 1.165) is 43.4 Å². The third-order valence-electron chi connectivity index (χ3n) is 6.15. The Morgan fingerprint density at radius 3 is 2.39 bits per heavy atom. The molecule has 0 unspecified atom stereocenters. The normalized spacial score (nSPS) is 15.5. The minimum Gasteiger partial charge on any atom is -0.493 e. The van der Waals surface area contributed by atoms with Crippen LogP contribution in [-0.2, 0) is 11.2 Å². The van der Waals surface area contributed by atoms with E-state index in [9.17, 15) is 9.59 Å². The van der Waals surface area contributed by atoms with Gasteiger partial charge in [-0.1, -0.05) is 12.8 Å². The van der Waals surface area contributed by atoms with Gasteiger partial charge in [0.15, 0.2) is 11.5 Å². The van der Waals surface area contributed by atoms with Gasteiger partial charge in [-0.05, 0) is 55.2 Å². The zero-order chi connectivity index (χ0) is 22.0. The van der Waals surface area contributed by atoms with Crippen LogP contribution in [-0.4, -0.2) is 39.7 Å². The minimum atomic E-state index is -0.311. The quantitative estimate of drug-likeness (QED) is 0.757. The molecule has 0 aromatic heterocycles. The van der Waals surface area contributed by atoms with Crippen LogP contribution in [0.3, 0.4) is 0 Å². The van der Waals surface area contributed by atoms with Crippen LogP contribution in [0, 0.1) is 5.92 Å². The molecular weight excluding hydrogens is 396 g/mol. The number of carbonyl (C=O) groups is 2. The lowest BCUT2D eigenvalue weighted by Gasteiger charge is -2.21. The Hall–Kier alpha value is -3.22. The molecule has 1 fully saturated rings. The number of fused-ring (bicyclic) bond motifs is 1. The highest BCUT2D eigenvalue weighted by molar-refractivity contribution is 6.07. The highest BCUT2D eigenvalue weighted by Crippen LogP contribution is 2.40. The Morgan fingerprint density at radius 2 is 1.71 bits per heavy atom. The van der Waals surface area contributed by atoms with Gasteiger partial charge in [0.1, 0.15) is 0 Å². The first-order valence-corrected chi connectivity index (χ1v) is 10.6. The zero-order valence-electron chi connectivity index (χ0n) is 18.2. The average Bonchev–Trinajstić information content (AvgIpc) is 3.47. The number of nitrogens with one attached hydrogen (secondary N) is 1. The van der Waals surface area contributed by atoms with Crippen LogP contribution in [0.15, 0.2) is 30.3 Å². The zero-order valence-corrected chi connectivity index (χ0v) is 18.2. The number of methoxy groups -OCH3 is 3. The topological polar surface area (TPSA) is 77.1 Å². The standard InChI is InChI=1S/C24H28N2O5/c1-29-20-11-9-18(21(30-2)22(20)31-3)23(27)25-17-8-10-19-16(14-17)12-13-26(19)24(28)15-6-4-5-7-15/h8-11,14-15H,4-7,12-13H2,1-3H3,(H,25,27). The van der Waals surface area contributed by atoms with Crippen LogP contribution >= 0.6 is 0 Å². The van der Waals surface area contributed by atoms with Crippen molar-refractivity contribution in [1.82, 2.24) is 0 Å². The molecule has 4 rings (SSSR count). The molecule has 1 aliphatic heterocycles. The lowest BCUT2D eigenvalue weighted by molar-refractivity contribution is -0.122. The van der Waals surface area contributed by atoms with Gasteiger partial charge in [0, 0.05) is 23.8 Å². The van der Waals surface area contributed by atoms with E-state index in [1.165, 1.54) is 21.3 Å².